The van der Waals surface area contributed by atoms with Gasteiger partial charge in [-0.05, 0) is 50.9 Å². The van der Waals surface area contributed by atoms with Gasteiger partial charge in [0, 0.05) is 19.8 Å². The van der Waals surface area contributed by atoms with Crippen molar-refractivity contribution in [3.63, 3.8) is 0 Å². The molecule has 5 heteroatoms. The molecule has 0 amide bonds. The monoisotopic (exact) mass is 354 g/mol. The first kappa shape index (κ1) is 19.1. The van der Waals surface area contributed by atoms with Crippen LogP contribution < -0.4 is 0 Å². The van der Waals surface area contributed by atoms with E-state index in [0.29, 0.717) is 31.3 Å². The van der Waals surface area contributed by atoms with Crippen molar-refractivity contribution in [2.24, 2.45) is 11.8 Å². The molecule has 3 aliphatic rings. The molecule has 3 fully saturated rings. The van der Waals surface area contributed by atoms with Crippen molar-refractivity contribution in [3.05, 3.63) is 0 Å². The van der Waals surface area contributed by atoms with E-state index in [1.54, 1.807) is 0 Å². The topological polar surface area (TPSA) is 57.3 Å². The summed E-state index contributed by atoms with van der Waals surface area (Å²) < 4.78 is 22.1. The fraction of sp³-hybridized carbons (Fsp3) is 0.950. The van der Waals surface area contributed by atoms with E-state index in [9.17, 15) is 4.79 Å². The summed E-state index contributed by atoms with van der Waals surface area (Å²) in [6.07, 6.45) is 12.3. The first-order chi connectivity index (χ1) is 12.3. The molecule has 0 aromatic heterocycles. The molecule has 5 nitrogen and oxygen atoms in total. The van der Waals surface area contributed by atoms with Gasteiger partial charge in [-0.3, -0.25) is 4.79 Å². The SMILES string of the molecule is O=C(OCCCCCCCOCC1CCC2OC2C1)[C@@H]1CCCOC1. The Labute approximate surface area is 151 Å². The molecule has 0 radical (unpaired) electrons. The van der Waals surface area contributed by atoms with Crippen LogP contribution in [-0.4, -0.2) is 51.2 Å². The number of fused-ring (bicyclic) bond motifs is 1. The third-order valence-electron chi connectivity index (χ3n) is 5.64. The summed E-state index contributed by atoms with van der Waals surface area (Å²) in [5, 5.41) is 0. The molecular formula is C20H34O5. The Balaban J connectivity index is 1.07. The van der Waals surface area contributed by atoms with Crippen molar-refractivity contribution in [2.75, 3.05) is 33.0 Å². The predicted molar refractivity (Wildman–Crippen MR) is 94.4 cm³/mol. The smallest absolute Gasteiger partial charge is 0.311 e. The molecule has 3 unspecified atom stereocenters. The average Bonchev–Trinajstić information content (AvgIpc) is 3.42. The number of hydrogen-bond acceptors (Lipinski definition) is 5. The van der Waals surface area contributed by atoms with E-state index < -0.39 is 0 Å². The van der Waals surface area contributed by atoms with Crippen molar-refractivity contribution >= 4 is 5.97 Å². The number of ether oxygens (including phenoxy) is 4. The maximum Gasteiger partial charge on any atom is 0.311 e. The molecule has 2 heterocycles. The number of unbranched alkanes of at least 4 members (excludes halogenated alkanes) is 4. The Morgan fingerprint density at radius 2 is 1.80 bits per heavy atom. The van der Waals surface area contributed by atoms with Crippen LogP contribution in [0.4, 0.5) is 0 Å². The van der Waals surface area contributed by atoms with E-state index in [2.05, 4.69) is 0 Å². The van der Waals surface area contributed by atoms with Crippen LogP contribution in [0.5, 0.6) is 0 Å². The molecule has 4 atom stereocenters. The van der Waals surface area contributed by atoms with Crippen LogP contribution in [-0.2, 0) is 23.7 Å². The standard InChI is InChI=1S/C20H34O5/c21-20(17-7-6-11-23-15-17)24-12-5-3-1-2-4-10-22-14-16-8-9-18-19(13-16)25-18/h16-19H,1-15H2/t16?,17-,18?,19?/m1/s1. The second-order valence-corrected chi connectivity index (χ2v) is 7.82. The van der Waals surface area contributed by atoms with E-state index in [-0.39, 0.29) is 11.9 Å². The molecule has 3 rings (SSSR count). The lowest BCUT2D eigenvalue weighted by Crippen LogP contribution is -2.27. The van der Waals surface area contributed by atoms with Gasteiger partial charge in [0.2, 0.25) is 0 Å². The number of hydrogen-bond donors (Lipinski definition) is 0. The van der Waals surface area contributed by atoms with Crippen molar-refractivity contribution in [3.8, 4) is 0 Å². The summed E-state index contributed by atoms with van der Waals surface area (Å²) in [6, 6.07) is 0. The minimum absolute atomic E-state index is 0.0348. The highest BCUT2D eigenvalue weighted by Gasteiger charge is 2.43. The molecule has 0 aromatic rings. The summed E-state index contributed by atoms with van der Waals surface area (Å²) in [6.45, 7) is 3.66. The van der Waals surface area contributed by atoms with Gasteiger partial charge in [0.1, 0.15) is 0 Å². The van der Waals surface area contributed by atoms with Crippen molar-refractivity contribution in [1.29, 1.82) is 0 Å². The Morgan fingerprint density at radius 1 is 0.960 bits per heavy atom. The van der Waals surface area contributed by atoms with Crippen LogP contribution in [0.2, 0.25) is 0 Å². The highest BCUT2D eigenvalue weighted by molar-refractivity contribution is 5.72. The van der Waals surface area contributed by atoms with Gasteiger partial charge in [0.15, 0.2) is 0 Å². The van der Waals surface area contributed by atoms with Gasteiger partial charge >= 0.3 is 5.97 Å². The van der Waals surface area contributed by atoms with Gasteiger partial charge in [-0.25, -0.2) is 0 Å². The summed E-state index contributed by atoms with van der Waals surface area (Å²) in [7, 11) is 0. The van der Waals surface area contributed by atoms with Crippen LogP contribution in [0.3, 0.4) is 0 Å². The first-order valence-corrected chi connectivity index (χ1v) is 10.3. The fourth-order valence-corrected chi connectivity index (χ4v) is 3.94. The normalized spacial score (nSPS) is 31.4. The van der Waals surface area contributed by atoms with E-state index >= 15 is 0 Å². The quantitative estimate of drug-likeness (QED) is 0.323. The minimum atomic E-state index is -0.0706. The number of rotatable bonds is 11. The van der Waals surface area contributed by atoms with Crippen LogP contribution in [0.25, 0.3) is 0 Å². The molecule has 0 spiro atoms. The zero-order valence-electron chi connectivity index (χ0n) is 15.5. The van der Waals surface area contributed by atoms with E-state index in [1.165, 1.54) is 32.1 Å². The van der Waals surface area contributed by atoms with Crippen LogP contribution in [0.15, 0.2) is 0 Å². The lowest BCUT2D eigenvalue weighted by atomic mass is 9.90. The Hall–Kier alpha value is -0.650. The van der Waals surface area contributed by atoms with E-state index in [1.807, 2.05) is 0 Å². The third kappa shape index (κ3) is 6.87. The van der Waals surface area contributed by atoms with Crippen molar-refractivity contribution < 1.29 is 23.7 Å². The largest absolute Gasteiger partial charge is 0.465 e. The molecule has 0 bridgehead atoms. The molecule has 2 aliphatic heterocycles. The van der Waals surface area contributed by atoms with Crippen molar-refractivity contribution in [1.82, 2.24) is 0 Å². The van der Waals surface area contributed by atoms with E-state index in [4.69, 9.17) is 18.9 Å². The summed E-state index contributed by atoms with van der Waals surface area (Å²) in [4.78, 5) is 11.8. The minimum Gasteiger partial charge on any atom is -0.465 e. The number of carbonyl (C=O) groups excluding carboxylic acids is 1. The zero-order valence-corrected chi connectivity index (χ0v) is 15.5. The average molecular weight is 354 g/mol. The molecule has 0 N–H and O–H groups in total. The van der Waals surface area contributed by atoms with Crippen molar-refractivity contribution in [2.45, 2.75) is 76.4 Å². The molecule has 1 aliphatic carbocycles. The maximum atomic E-state index is 11.8. The van der Waals surface area contributed by atoms with E-state index in [0.717, 1.165) is 51.9 Å². The lowest BCUT2D eigenvalue weighted by molar-refractivity contribution is -0.153. The van der Waals surface area contributed by atoms with Gasteiger partial charge in [-0.1, -0.05) is 19.3 Å². The Bertz CT molecular complexity index is 394. The number of esters is 1. The summed E-state index contributed by atoms with van der Waals surface area (Å²) in [5.74, 6) is 0.610. The molecule has 144 valence electrons. The van der Waals surface area contributed by atoms with Gasteiger partial charge in [-0.15, -0.1) is 0 Å². The molecule has 0 aromatic carbocycles. The molecule has 1 saturated carbocycles. The fourth-order valence-electron chi connectivity index (χ4n) is 3.94. The molecule has 2 saturated heterocycles. The van der Waals surface area contributed by atoms with Crippen LogP contribution in [0.1, 0.15) is 64.2 Å². The molecular weight excluding hydrogens is 320 g/mol. The Kier molecular flexibility index (Phi) is 8.02. The van der Waals surface area contributed by atoms with Gasteiger partial charge in [0.25, 0.3) is 0 Å². The summed E-state index contributed by atoms with van der Waals surface area (Å²) >= 11 is 0. The first-order valence-electron chi connectivity index (χ1n) is 10.3. The van der Waals surface area contributed by atoms with Crippen LogP contribution >= 0.6 is 0 Å². The van der Waals surface area contributed by atoms with Gasteiger partial charge in [0.05, 0.1) is 31.3 Å². The second kappa shape index (κ2) is 10.5. The van der Waals surface area contributed by atoms with Gasteiger partial charge in [-0.2, -0.15) is 0 Å². The zero-order chi connectivity index (χ0) is 17.3. The number of carbonyl (C=O) groups is 1. The maximum absolute atomic E-state index is 11.8. The van der Waals surface area contributed by atoms with Crippen LogP contribution in [0, 0.1) is 11.8 Å². The van der Waals surface area contributed by atoms with Gasteiger partial charge < -0.3 is 18.9 Å². The Morgan fingerprint density at radius 3 is 2.60 bits per heavy atom. The second-order valence-electron chi connectivity index (χ2n) is 7.82. The highest BCUT2D eigenvalue weighted by Crippen LogP contribution is 2.39. The summed E-state index contributed by atoms with van der Waals surface area (Å²) in [5.41, 5.74) is 0. The number of epoxide rings is 1. The third-order valence-corrected chi connectivity index (χ3v) is 5.64. The lowest BCUT2D eigenvalue weighted by Gasteiger charge is -2.20. The highest BCUT2D eigenvalue weighted by atomic mass is 16.6. The molecule has 25 heavy (non-hydrogen) atoms. The predicted octanol–water partition coefficient (Wildman–Crippen LogP) is 3.49.